The molecule has 102 valence electrons. The van der Waals surface area contributed by atoms with Crippen LogP contribution in [0.3, 0.4) is 0 Å². The molecule has 2 heterocycles. The topological polar surface area (TPSA) is 79.3 Å². The lowest BCUT2D eigenvalue weighted by Crippen LogP contribution is -2.23. The van der Waals surface area contributed by atoms with E-state index in [9.17, 15) is 10.1 Å². The summed E-state index contributed by atoms with van der Waals surface area (Å²) in [5, 5.41) is 10.1. The van der Waals surface area contributed by atoms with Crippen molar-refractivity contribution in [3.63, 3.8) is 0 Å². The Morgan fingerprint density at radius 3 is 2.53 bits per heavy atom. The molecule has 0 unspecified atom stereocenters. The van der Waals surface area contributed by atoms with Crippen LogP contribution in [0.15, 0.2) is 0 Å². The minimum absolute atomic E-state index is 0.249. The number of hydrogen-bond donors (Lipinski definition) is 1. The van der Waals surface area contributed by atoms with E-state index in [1.54, 1.807) is 0 Å². The zero-order valence-corrected chi connectivity index (χ0v) is 11.8. The molecule has 2 N–H and O–H groups in total. The number of nitrogens with zero attached hydrogens (tertiary/aromatic N) is 2. The van der Waals surface area contributed by atoms with Crippen LogP contribution < -0.4 is 10.6 Å². The van der Waals surface area contributed by atoms with E-state index in [0.29, 0.717) is 10.4 Å². The molecule has 1 fully saturated rings. The van der Waals surface area contributed by atoms with Crippen molar-refractivity contribution in [1.82, 2.24) is 0 Å². The summed E-state index contributed by atoms with van der Waals surface area (Å²) in [7, 11) is 1.32. The van der Waals surface area contributed by atoms with Gasteiger partial charge in [-0.05, 0) is 12.8 Å². The van der Waals surface area contributed by atoms with Crippen LogP contribution in [0.2, 0.25) is 0 Å². The van der Waals surface area contributed by atoms with Crippen molar-refractivity contribution < 1.29 is 9.53 Å². The Morgan fingerprint density at radius 1 is 1.37 bits per heavy atom. The minimum Gasteiger partial charge on any atom is -0.465 e. The third kappa shape index (κ3) is 2.66. The number of anilines is 2. The van der Waals surface area contributed by atoms with Crippen molar-refractivity contribution in [2.75, 3.05) is 30.8 Å². The number of esters is 1. The van der Waals surface area contributed by atoms with Crippen LogP contribution in [0.25, 0.3) is 0 Å². The Kier molecular flexibility index (Phi) is 4.27. The molecule has 0 atom stereocenters. The van der Waals surface area contributed by atoms with Gasteiger partial charge in [0.15, 0.2) is 0 Å². The molecule has 0 aromatic carbocycles. The van der Waals surface area contributed by atoms with E-state index in [2.05, 4.69) is 11.0 Å². The highest BCUT2D eigenvalue weighted by Crippen LogP contribution is 2.38. The van der Waals surface area contributed by atoms with E-state index in [-0.39, 0.29) is 5.69 Å². The predicted molar refractivity (Wildman–Crippen MR) is 75.5 cm³/mol. The van der Waals surface area contributed by atoms with E-state index in [4.69, 9.17) is 10.5 Å². The maximum atomic E-state index is 11.6. The molecule has 1 aromatic rings. The molecule has 19 heavy (non-hydrogen) atoms. The third-order valence-electron chi connectivity index (χ3n) is 3.30. The van der Waals surface area contributed by atoms with Gasteiger partial charge in [0.1, 0.15) is 21.5 Å². The van der Waals surface area contributed by atoms with Crippen molar-refractivity contribution in [2.24, 2.45) is 0 Å². The molecule has 5 nitrogen and oxygen atoms in total. The molecule has 1 aliphatic heterocycles. The molecule has 1 aliphatic rings. The highest BCUT2D eigenvalue weighted by Gasteiger charge is 2.25. The Hall–Kier alpha value is -1.74. The van der Waals surface area contributed by atoms with Gasteiger partial charge in [-0.2, -0.15) is 5.26 Å². The van der Waals surface area contributed by atoms with Gasteiger partial charge in [-0.25, -0.2) is 4.79 Å². The zero-order chi connectivity index (χ0) is 13.8. The number of nitrogen functional groups attached to an aromatic ring is 1. The molecule has 6 heteroatoms. The number of carbonyl (C=O) groups excluding carboxylic acids is 1. The average Bonchev–Trinajstić information content (AvgIpc) is 2.61. The molecule has 0 amide bonds. The van der Waals surface area contributed by atoms with Gasteiger partial charge in [0, 0.05) is 13.1 Å². The van der Waals surface area contributed by atoms with Crippen LogP contribution in [0.5, 0.6) is 0 Å². The number of rotatable bonds is 2. The molecule has 2 rings (SSSR count). The summed E-state index contributed by atoms with van der Waals surface area (Å²) >= 11 is 1.26. The van der Waals surface area contributed by atoms with Crippen LogP contribution in [0.4, 0.5) is 10.7 Å². The van der Waals surface area contributed by atoms with Crippen molar-refractivity contribution in [2.45, 2.75) is 25.7 Å². The first kappa shape index (κ1) is 13.7. The number of nitriles is 1. The Morgan fingerprint density at radius 2 is 2.00 bits per heavy atom. The molecule has 0 aliphatic carbocycles. The molecule has 0 bridgehead atoms. The largest absolute Gasteiger partial charge is 0.465 e. The Labute approximate surface area is 116 Å². The van der Waals surface area contributed by atoms with Crippen molar-refractivity contribution in [3.05, 3.63) is 10.4 Å². The minimum atomic E-state index is -0.472. The van der Waals surface area contributed by atoms with E-state index in [0.717, 1.165) is 30.9 Å². The number of ether oxygens (including phenoxy) is 1. The summed E-state index contributed by atoms with van der Waals surface area (Å²) in [5.74, 6) is -0.472. The molecule has 1 saturated heterocycles. The molecule has 0 radical (unpaired) electrons. The summed E-state index contributed by atoms with van der Waals surface area (Å²) in [6.45, 7) is 1.82. The number of hydrogen-bond acceptors (Lipinski definition) is 6. The van der Waals surface area contributed by atoms with Gasteiger partial charge < -0.3 is 15.4 Å². The average molecular weight is 279 g/mol. The SMILES string of the molecule is COC(=O)c1sc(N2CCCCCC2)c(C#N)c1N. The summed E-state index contributed by atoms with van der Waals surface area (Å²) in [6.07, 6.45) is 4.64. The number of thiophene rings is 1. The van der Waals surface area contributed by atoms with Crippen LogP contribution in [-0.4, -0.2) is 26.2 Å². The molecule has 1 aromatic heterocycles. The molecular weight excluding hydrogens is 262 g/mol. The quantitative estimate of drug-likeness (QED) is 0.841. The molecule has 0 spiro atoms. The number of carbonyl (C=O) groups is 1. The Balaban J connectivity index is 2.39. The highest BCUT2D eigenvalue weighted by atomic mass is 32.1. The second-order valence-electron chi connectivity index (χ2n) is 4.53. The zero-order valence-electron chi connectivity index (χ0n) is 10.9. The van der Waals surface area contributed by atoms with E-state index in [1.165, 1.54) is 31.3 Å². The fraction of sp³-hybridized carbons (Fsp3) is 0.538. The van der Waals surface area contributed by atoms with Gasteiger partial charge in [-0.15, -0.1) is 11.3 Å². The van der Waals surface area contributed by atoms with Gasteiger partial charge in [0.05, 0.1) is 12.8 Å². The maximum Gasteiger partial charge on any atom is 0.350 e. The lowest BCUT2D eigenvalue weighted by Gasteiger charge is -2.20. The smallest absolute Gasteiger partial charge is 0.350 e. The second kappa shape index (κ2) is 5.93. The van der Waals surface area contributed by atoms with E-state index >= 15 is 0 Å². The first-order valence-electron chi connectivity index (χ1n) is 6.34. The maximum absolute atomic E-state index is 11.6. The molecule has 0 saturated carbocycles. The van der Waals surface area contributed by atoms with Crippen LogP contribution in [-0.2, 0) is 4.74 Å². The van der Waals surface area contributed by atoms with Gasteiger partial charge in [-0.3, -0.25) is 0 Å². The van der Waals surface area contributed by atoms with Crippen molar-refractivity contribution in [1.29, 1.82) is 5.26 Å². The summed E-state index contributed by atoms with van der Waals surface area (Å²) in [4.78, 5) is 14.1. The fourth-order valence-electron chi connectivity index (χ4n) is 2.28. The lowest BCUT2D eigenvalue weighted by atomic mass is 10.2. The Bertz CT molecular complexity index is 511. The standard InChI is InChI=1S/C13H17N3O2S/c1-18-13(17)11-10(15)9(8-14)12(19-11)16-6-4-2-3-5-7-16/h2-7,15H2,1H3. The van der Waals surface area contributed by atoms with Crippen LogP contribution in [0.1, 0.15) is 40.9 Å². The normalized spacial score (nSPS) is 15.7. The predicted octanol–water partition coefficient (Wildman–Crippen LogP) is 2.37. The monoisotopic (exact) mass is 279 g/mol. The van der Waals surface area contributed by atoms with E-state index < -0.39 is 5.97 Å². The van der Waals surface area contributed by atoms with Gasteiger partial charge >= 0.3 is 5.97 Å². The van der Waals surface area contributed by atoms with Crippen molar-refractivity contribution >= 4 is 28.0 Å². The summed E-state index contributed by atoms with van der Waals surface area (Å²) in [5.41, 5.74) is 6.56. The van der Waals surface area contributed by atoms with Crippen LogP contribution >= 0.6 is 11.3 Å². The molecular formula is C13H17N3O2S. The van der Waals surface area contributed by atoms with Gasteiger partial charge in [0.2, 0.25) is 0 Å². The number of methoxy groups -OCH3 is 1. The van der Waals surface area contributed by atoms with Crippen molar-refractivity contribution in [3.8, 4) is 6.07 Å². The van der Waals surface area contributed by atoms with Gasteiger partial charge in [0.25, 0.3) is 0 Å². The fourth-order valence-corrected chi connectivity index (χ4v) is 3.42. The second-order valence-corrected chi connectivity index (χ2v) is 5.53. The summed E-state index contributed by atoms with van der Waals surface area (Å²) < 4.78 is 4.71. The third-order valence-corrected chi connectivity index (χ3v) is 4.55. The van der Waals surface area contributed by atoms with Gasteiger partial charge in [-0.1, -0.05) is 12.8 Å². The first-order valence-corrected chi connectivity index (χ1v) is 7.16. The summed E-state index contributed by atoms with van der Waals surface area (Å²) in [6, 6.07) is 2.12. The first-order chi connectivity index (χ1) is 9.19. The highest BCUT2D eigenvalue weighted by molar-refractivity contribution is 7.18. The van der Waals surface area contributed by atoms with Crippen LogP contribution in [0, 0.1) is 11.3 Å². The van der Waals surface area contributed by atoms with E-state index in [1.807, 2.05) is 0 Å². The number of nitrogens with two attached hydrogens (primary N) is 1. The lowest BCUT2D eigenvalue weighted by molar-refractivity contribution is 0.0607.